The zero-order valence-corrected chi connectivity index (χ0v) is 23.1. The van der Waals surface area contributed by atoms with Crippen LogP contribution in [0.25, 0.3) is 0 Å². The van der Waals surface area contributed by atoms with Gasteiger partial charge in [0.1, 0.15) is 17.5 Å². The third-order valence-corrected chi connectivity index (χ3v) is 8.08. The second kappa shape index (κ2) is 11.7. The summed E-state index contributed by atoms with van der Waals surface area (Å²) in [6, 6.07) is 2.80. The Balaban J connectivity index is 1.44. The van der Waals surface area contributed by atoms with Crippen molar-refractivity contribution in [3.63, 3.8) is 0 Å². The van der Waals surface area contributed by atoms with E-state index in [4.69, 9.17) is 15.2 Å². The minimum atomic E-state index is -1.03. The van der Waals surface area contributed by atoms with Crippen molar-refractivity contribution in [3.8, 4) is 0 Å². The first kappa shape index (κ1) is 28.5. The maximum Gasteiger partial charge on any atom is 0.306 e. The molecule has 1 saturated heterocycles. The summed E-state index contributed by atoms with van der Waals surface area (Å²) in [7, 11) is 0. The fourth-order valence-corrected chi connectivity index (χ4v) is 5.79. The van der Waals surface area contributed by atoms with Gasteiger partial charge in [-0.3, -0.25) is 14.4 Å². The first-order valence-electron chi connectivity index (χ1n) is 13.9. The van der Waals surface area contributed by atoms with Crippen LogP contribution in [0.3, 0.4) is 0 Å². The molecule has 4 rings (SSSR count). The Labute approximate surface area is 224 Å². The van der Waals surface area contributed by atoms with Crippen molar-refractivity contribution in [2.24, 2.45) is 11.7 Å². The van der Waals surface area contributed by atoms with Gasteiger partial charge in [-0.2, -0.15) is 0 Å². The SMILES string of the molecule is CC(N[C@H]1CCCO[C@@H]1Cc1ccc2c(c1F)CN([C@@H](CCC(=O)OC(C)(C)C)C(N)=O)C2=O)C1CCC1. The highest BCUT2D eigenvalue weighted by Gasteiger charge is 2.39. The van der Waals surface area contributed by atoms with Gasteiger partial charge in [-0.05, 0) is 77.3 Å². The highest BCUT2D eigenvalue weighted by molar-refractivity contribution is 6.01. The Kier molecular flexibility index (Phi) is 8.77. The Hall–Kier alpha value is -2.52. The molecule has 2 heterocycles. The largest absolute Gasteiger partial charge is 0.460 e. The van der Waals surface area contributed by atoms with Gasteiger partial charge in [0.25, 0.3) is 5.91 Å². The molecule has 2 aliphatic heterocycles. The summed E-state index contributed by atoms with van der Waals surface area (Å²) in [5.41, 5.74) is 5.93. The van der Waals surface area contributed by atoms with Crippen LogP contribution in [-0.4, -0.2) is 59.1 Å². The highest BCUT2D eigenvalue weighted by Crippen LogP contribution is 2.33. The lowest BCUT2D eigenvalue weighted by Crippen LogP contribution is -2.51. The van der Waals surface area contributed by atoms with Gasteiger partial charge >= 0.3 is 5.97 Å². The van der Waals surface area contributed by atoms with E-state index >= 15 is 4.39 Å². The molecule has 1 unspecified atom stereocenters. The van der Waals surface area contributed by atoms with Crippen molar-refractivity contribution in [2.45, 2.75) is 115 Å². The van der Waals surface area contributed by atoms with E-state index in [0.717, 1.165) is 12.8 Å². The number of benzene rings is 1. The van der Waals surface area contributed by atoms with Crippen molar-refractivity contribution in [2.75, 3.05) is 6.61 Å². The summed E-state index contributed by atoms with van der Waals surface area (Å²) < 4.78 is 27.2. The molecule has 1 aliphatic carbocycles. The minimum absolute atomic E-state index is 0.0148. The van der Waals surface area contributed by atoms with Crippen LogP contribution in [-0.2, 0) is 32.0 Å². The fraction of sp³-hybridized carbons (Fsp3) is 0.690. The quantitative estimate of drug-likeness (QED) is 0.446. The van der Waals surface area contributed by atoms with Gasteiger partial charge in [0.15, 0.2) is 0 Å². The number of fused-ring (bicyclic) bond motifs is 1. The fourth-order valence-electron chi connectivity index (χ4n) is 5.79. The van der Waals surface area contributed by atoms with Gasteiger partial charge in [0.05, 0.1) is 12.6 Å². The van der Waals surface area contributed by atoms with Crippen LogP contribution in [0.2, 0.25) is 0 Å². The number of carbonyl (C=O) groups is 3. The Bertz CT molecular complexity index is 1050. The summed E-state index contributed by atoms with van der Waals surface area (Å²) >= 11 is 0. The van der Waals surface area contributed by atoms with E-state index in [2.05, 4.69) is 12.2 Å². The van der Waals surface area contributed by atoms with Gasteiger partial charge in [0.2, 0.25) is 5.91 Å². The lowest BCUT2D eigenvalue weighted by Gasteiger charge is -2.39. The molecular weight excluding hydrogens is 489 g/mol. The normalized spacial score (nSPS) is 23.5. The third-order valence-electron chi connectivity index (χ3n) is 8.08. The van der Waals surface area contributed by atoms with Gasteiger partial charge in [-0.15, -0.1) is 0 Å². The predicted octanol–water partition coefficient (Wildman–Crippen LogP) is 3.63. The van der Waals surface area contributed by atoms with E-state index in [1.54, 1.807) is 32.9 Å². The van der Waals surface area contributed by atoms with Gasteiger partial charge in [-0.25, -0.2) is 4.39 Å². The third kappa shape index (κ3) is 6.54. The summed E-state index contributed by atoms with van der Waals surface area (Å²) in [6.07, 6.45) is 5.93. The van der Waals surface area contributed by atoms with Gasteiger partial charge in [-0.1, -0.05) is 12.5 Å². The molecule has 8 nitrogen and oxygen atoms in total. The standard InChI is InChI=1S/C29H42FN3O5/c1-17(18-7-5-8-18)32-22-9-6-14-37-24(22)15-19-10-11-20-21(26(19)30)16-33(28(20)36)23(27(31)35)12-13-25(34)38-29(2,3)4/h10-11,17-18,22-24,32H,5-9,12-16H2,1-4H3,(H2,31,35)/t17?,22-,23-,24+/m0/s1. The molecule has 1 saturated carbocycles. The smallest absolute Gasteiger partial charge is 0.306 e. The van der Waals surface area contributed by atoms with E-state index < -0.39 is 35.2 Å². The molecule has 0 radical (unpaired) electrons. The molecule has 3 aliphatic rings. The van der Waals surface area contributed by atoms with Gasteiger partial charge in [0, 0.05) is 42.7 Å². The highest BCUT2D eigenvalue weighted by atomic mass is 19.1. The maximum absolute atomic E-state index is 15.8. The number of nitrogens with two attached hydrogens (primary N) is 1. The van der Waals surface area contributed by atoms with Crippen LogP contribution in [0.4, 0.5) is 4.39 Å². The summed E-state index contributed by atoms with van der Waals surface area (Å²) in [5, 5.41) is 3.74. The number of halogens is 1. The van der Waals surface area contributed by atoms with Crippen molar-refractivity contribution < 1.29 is 28.2 Å². The molecule has 3 N–H and O–H groups in total. The molecule has 0 aromatic heterocycles. The molecule has 1 aromatic carbocycles. The average Bonchev–Trinajstić information content (AvgIpc) is 3.11. The molecule has 0 bridgehead atoms. The van der Waals surface area contributed by atoms with Crippen LogP contribution < -0.4 is 11.1 Å². The zero-order chi connectivity index (χ0) is 27.6. The lowest BCUT2D eigenvalue weighted by molar-refractivity contribution is -0.155. The minimum Gasteiger partial charge on any atom is -0.460 e. The average molecular weight is 532 g/mol. The molecule has 9 heteroatoms. The number of rotatable bonds is 10. The number of nitrogens with zero attached hydrogens (tertiary/aromatic N) is 1. The summed E-state index contributed by atoms with van der Waals surface area (Å²) in [5.74, 6) is -1.42. The van der Waals surface area contributed by atoms with Crippen LogP contribution >= 0.6 is 0 Å². The summed E-state index contributed by atoms with van der Waals surface area (Å²) in [6.45, 7) is 8.07. The second-order valence-electron chi connectivity index (χ2n) is 12.0. The number of carbonyl (C=O) groups excluding carboxylic acids is 3. The predicted molar refractivity (Wildman–Crippen MR) is 141 cm³/mol. The number of ether oxygens (including phenoxy) is 2. The number of amides is 2. The van der Waals surface area contributed by atoms with Crippen molar-refractivity contribution >= 4 is 17.8 Å². The Morgan fingerprint density at radius 2 is 1.97 bits per heavy atom. The zero-order valence-electron chi connectivity index (χ0n) is 23.1. The van der Waals surface area contributed by atoms with E-state index in [-0.39, 0.29) is 42.7 Å². The lowest BCUT2D eigenvalue weighted by atomic mass is 9.79. The van der Waals surface area contributed by atoms with Crippen LogP contribution in [0.5, 0.6) is 0 Å². The Morgan fingerprint density at radius 3 is 2.61 bits per heavy atom. The molecular formula is C29H42FN3O5. The van der Waals surface area contributed by atoms with E-state index in [9.17, 15) is 14.4 Å². The molecule has 2 amide bonds. The topological polar surface area (TPSA) is 111 Å². The van der Waals surface area contributed by atoms with E-state index in [1.165, 1.54) is 24.2 Å². The first-order valence-corrected chi connectivity index (χ1v) is 13.9. The Morgan fingerprint density at radius 1 is 1.24 bits per heavy atom. The van der Waals surface area contributed by atoms with E-state index in [0.29, 0.717) is 30.6 Å². The molecule has 0 spiro atoms. The molecule has 1 aromatic rings. The number of primary amides is 1. The molecule has 2 fully saturated rings. The second-order valence-corrected chi connectivity index (χ2v) is 12.0. The number of hydrogen-bond acceptors (Lipinski definition) is 6. The number of hydrogen-bond donors (Lipinski definition) is 2. The van der Waals surface area contributed by atoms with Crippen molar-refractivity contribution in [1.82, 2.24) is 10.2 Å². The molecule has 210 valence electrons. The number of nitrogens with one attached hydrogen (secondary N) is 1. The van der Waals surface area contributed by atoms with Crippen LogP contribution in [0.1, 0.15) is 94.1 Å². The molecule has 38 heavy (non-hydrogen) atoms. The van der Waals surface area contributed by atoms with Crippen molar-refractivity contribution in [3.05, 3.63) is 34.6 Å². The van der Waals surface area contributed by atoms with Crippen molar-refractivity contribution in [1.29, 1.82) is 0 Å². The number of esters is 1. The van der Waals surface area contributed by atoms with Gasteiger partial charge < -0.3 is 25.4 Å². The van der Waals surface area contributed by atoms with E-state index in [1.807, 2.05) is 0 Å². The van der Waals surface area contributed by atoms with Crippen LogP contribution in [0.15, 0.2) is 12.1 Å². The maximum atomic E-state index is 15.8. The van der Waals surface area contributed by atoms with Crippen LogP contribution in [0, 0.1) is 11.7 Å². The first-order chi connectivity index (χ1) is 17.9. The molecule has 4 atom stereocenters. The monoisotopic (exact) mass is 531 g/mol. The summed E-state index contributed by atoms with van der Waals surface area (Å²) in [4.78, 5) is 38.8.